The summed E-state index contributed by atoms with van der Waals surface area (Å²) in [7, 11) is -1.46. The molecule has 2 rings (SSSR count). The van der Waals surface area contributed by atoms with Gasteiger partial charge in [0.15, 0.2) is 0 Å². The van der Waals surface area contributed by atoms with Gasteiger partial charge in [-0.15, -0.1) is 0 Å². The predicted molar refractivity (Wildman–Crippen MR) is 96.1 cm³/mol. The number of aromatic nitrogens is 1. The van der Waals surface area contributed by atoms with Crippen molar-refractivity contribution in [2.24, 2.45) is 0 Å². The summed E-state index contributed by atoms with van der Waals surface area (Å²) in [5.74, 6) is -1.04. The molecule has 7 heteroatoms. The number of esters is 2. The van der Waals surface area contributed by atoms with Crippen molar-refractivity contribution in [2.45, 2.75) is 25.7 Å². The van der Waals surface area contributed by atoms with Crippen LogP contribution in [-0.2, 0) is 25.1 Å². The molecular formula is C18H21NO5S. The van der Waals surface area contributed by atoms with Crippen LogP contribution >= 0.6 is 0 Å². The third-order valence-electron chi connectivity index (χ3n) is 3.52. The molecule has 0 fully saturated rings. The summed E-state index contributed by atoms with van der Waals surface area (Å²) in [4.78, 5) is 24.4. The van der Waals surface area contributed by atoms with E-state index < -0.39 is 22.7 Å². The van der Waals surface area contributed by atoms with Crippen LogP contribution in [0, 0.1) is 6.92 Å². The summed E-state index contributed by atoms with van der Waals surface area (Å²) in [6.45, 7) is 5.81. The minimum Gasteiger partial charge on any atom is -0.463 e. The topological polar surface area (TPSA) is 74.1 Å². The minimum absolute atomic E-state index is 0.214. The van der Waals surface area contributed by atoms with Crippen LogP contribution in [0.1, 0.15) is 35.5 Å². The van der Waals surface area contributed by atoms with Gasteiger partial charge in [0.2, 0.25) is 0 Å². The van der Waals surface area contributed by atoms with Crippen LogP contribution in [0.3, 0.4) is 0 Å². The van der Waals surface area contributed by atoms with Gasteiger partial charge in [0.05, 0.1) is 40.1 Å². The van der Waals surface area contributed by atoms with Gasteiger partial charge in [0, 0.05) is 18.5 Å². The van der Waals surface area contributed by atoms with Gasteiger partial charge in [-0.2, -0.15) is 0 Å². The molecule has 0 radical (unpaired) electrons. The van der Waals surface area contributed by atoms with Crippen molar-refractivity contribution in [3.63, 3.8) is 0 Å². The van der Waals surface area contributed by atoms with Crippen molar-refractivity contribution in [1.29, 1.82) is 0 Å². The van der Waals surface area contributed by atoms with Gasteiger partial charge in [-0.1, -0.05) is 0 Å². The van der Waals surface area contributed by atoms with E-state index in [1.54, 1.807) is 24.4 Å². The lowest BCUT2D eigenvalue weighted by Gasteiger charge is -2.03. The van der Waals surface area contributed by atoms with Crippen molar-refractivity contribution in [3.05, 3.63) is 41.2 Å². The van der Waals surface area contributed by atoms with Crippen molar-refractivity contribution < 1.29 is 23.3 Å². The van der Waals surface area contributed by atoms with E-state index >= 15 is 0 Å². The Morgan fingerprint density at radius 2 is 1.92 bits per heavy atom. The molecule has 0 bridgehead atoms. The van der Waals surface area contributed by atoms with Crippen LogP contribution in [0.4, 0.5) is 0 Å². The summed E-state index contributed by atoms with van der Waals surface area (Å²) in [5.41, 5.74) is 2.29. The van der Waals surface area contributed by atoms with Crippen molar-refractivity contribution in [3.8, 4) is 0 Å². The van der Waals surface area contributed by atoms with E-state index in [1.807, 2.05) is 19.1 Å². The highest BCUT2D eigenvalue weighted by Crippen LogP contribution is 2.29. The molecule has 0 saturated carbocycles. The van der Waals surface area contributed by atoms with Gasteiger partial charge in [-0.3, -0.25) is 4.21 Å². The largest absolute Gasteiger partial charge is 0.463 e. The summed E-state index contributed by atoms with van der Waals surface area (Å²) >= 11 is 0. The van der Waals surface area contributed by atoms with E-state index in [2.05, 4.69) is 0 Å². The summed E-state index contributed by atoms with van der Waals surface area (Å²) in [6, 6.07) is 3.69. The van der Waals surface area contributed by atoms with Crippen LogP contribution < -0.4 is 0 Å². The molecule has 0 aliphatic rings. The molecule has 2 aromatic heterocycles. The van der Waals surface area contributed by atoms with E-state index in [4.69, 9.17) is 9.47 Å². The van der Waals surface area contributed by atoms with Crippen LogP contribution in [-0.4, -0.2) is 40.0 Å². The highest BCUT2D eigenvalue weighted by Gasteiger charge is 2.25. The number of nitrogens with zero attached hydrogens (tertiary/aromatic N) is 1. The zero-order chi connectivity index (χ0) is 18.6. The Labute approximate surface area is 148 Å². The number of hydrogen-bond acceptors (Lipinski definition) is 5. The van der Waals surface area contributed by atoms with Gasteiger partial charge >= 0.3 is 11.9 Å². The average molecular weight is 363 g/mol. The molecule has 25 heavy (non-hydrogen) atoms. The summed E-state index contributed by atoms with van der Waals surface area (Å²) in [6.07, 6.45) is 6.04. The monoisotopic (exact) mass is 363 g/mol. The number of carbonyl (C=O) groups is 2. The molecule has 1 unspecified atom stereocenters. The lowest BCUT2D eigenvalue weighted by atomic mass is 10.2. The van der Waals surface area contributed by atoms with Crippen LogP contribution in [0.15, 0.2) is 29.3 Å². The normalized spacial score (nSPS) is 12.5. The average Bonchev–Trinajstić information content (AvgIpc) is 2.87. The molecule has 0 spiro atoms. The molecule has 0 aliphatic heterocycles. The SMILES string of the molecule is CCOC(=O)/C=C/c1c(S(C)=O)c(C(=O)OCC)c2cc(C)ccn12. The van der Waals surface area contributed by atoms with E-state index in [1.165, 1.54) is 18.4 Å². The van der Waals surface area contributed by atoms with E-state index in [-0.39, 0.29) is 18.8 Å². The second-order valence-electron chi connectivity index (χ2n) is 5.31. The fraction of sp³-hybridized carbons (Fsp3) is 0.333. The summed E-state index contributed by atoms with van der Waals surface area (Å²) < 4.78 is 24.1. The lowest BCUT2D eigenvalue weighted by molar-refractivity contribution is -0.137. The molecule has 0 N–H and O–H groups in total. The zero-order valence-corrected chi connectivity index (χ0v) is 15.5. The number of aryl methyl sites for hydroxylation is 1. The summed E-state index contributed by atoms with van der Waals surface area (Å²) in [5, 5.41) is 0. The fourth-order valence-electron chi connectivity index (χ4n) is 2.55. The Morgan fingerprint density at radius 3 is 2.52 bits per heavy atom. The standard InChI is InChI=1S/C18H21NO5S/c1-5-23-15(20)8-7-13-17(25(4)22)16(18(21)24-6-2)14-11-12(3)9-10-19(13)14/h7-11H,5-6H2,1-4H3/b8-7+. The second-order valence-corrected chi connectivity index (χ2v) is 6.63. The molecule has 0 aromatic carbocycles. The number of rotatable bonds is 6. The zero-order valence-electron chi connectivity index (χ0n) is 14.7. The fourth-order valence-corrected chi connectivity index (χ4v) is 3.48. The molecule has 0 amide bonds. The smallest absolute Gasteiger partial charge is 0.341 e. The molecular weight excluding hydrogens is 342 g/mol. The highest BCUT2D eigenvalue weighted by atomic mass is 32.2. The van der Waals surface area contributed by atoms with Crippen molar-refractivity contribution in [1.82, 2.24) is 4.40 Å². The maximum atomic E-state index is 12.5. The molecule has 0 aliphatic carbocycles. The maximum Gasteiger partial charge on any atom is 0.341 e. The van der Waals surface area contributed by atoms with E-state index in [0.29, 0.717) is 16.1 Å². The minimum atomic E-state index is -1.46. The Hall–Kier alpha value is -2.41. The first-order chi connectivity index (χ1) is 11.9. The van der Waals surface area contributed by atoms with Gasteiger partial charge in [-0.25, -0.2) is 9.59 Å². The number of fused-ring (bicyclic) bond motifs is 1. The number of hydrogen-bond donors (Lipinski definition) is 0. The molecule has 6 nitrogen and oxygen atoms in total. The number of pyridine rings is 1. The van der Waals surface area contributed by atoms with Crippen molar-refractivity contribution in [2.75, 3.05) is 19.5 Å². The number of ether oxygens (including phenoxy) is 2. The Balaban J connectivity index is 2.75. The molecule has 0 saturated heterocycles. The first-order valence-corrected chi connectivity index (χ1v) is 9.46. The quantitative estimate of drug-likeness (QED) is 0.583. The Morgan fingerprint density at radius 1 is 1.24 bits per heavy atom. The molecule has 2 heterocycles. The van der Waals surface area contributed by atoms with E-state index in [0.717, 1.165) is 5.56 Å². The van der Waals surface area contributed by atoms with Gasteiger partial charge in [0.1, 0.15) is 5.56 Å². The second kappa shape index (κ2) is 8.11. The third-order valence-corrected chi connectivity index (χ3v) is 4.50. The first-order valence-electron chi connectivity index (χ1n) is 7.90. The third kappa shape index (κ3) is 3.99. The molecule has 134 valence electrons. The Bertz CT molecular complexity index is 866. The van der Waals surface area contributed by atoms with Gasteiger partial charge < -0.3 is 13.9 Å². The van der Waals surface area contributed by atoms with E-state index in [9.17, 15) is 13.8 Å². The van der Waals surface area contributed by atoms with Crippen molar-refractivity contribution >= 4 is 34.3 Å². The van der Waals surface area contributed by atoms with Crippen LogP contribution in [0.2, 0.25) is 0 Å². The maximum absolute atomic E-state index is 12.5. The molecule has 2 aromatic rings. The number of carbonyl (C=O) groups excluding carboxylic acids is 2. The van der Waals surface area contributed by atoms with Crippen LogP contribution in [0.25, 0.3) is 11.6 Å². The van der Waals surface area contributed by atoms with Crippen LogP contribution in [0.5, 0.6) is 0 Å². The highest BCUT2D eigenvalue weighted by molar-refractivity contribution is 7.84. The lowest BCUT2D eigenvalue weighted by Crippen LogP contribution is -2.07. The Kier molecular flexibility index (Phi) is 6.14. The van der Waals surface area contributed by atoms with Gasteiger partial charge in [-0.05, 0) is 44.5 Å². The predicted octanol–water partition coefficient (Wildman–Crippen LogP) is 2.74. The first kappa shape index (κ1) is 18.9. The molecule has 1 atom stereocenters. The van der Waals surface area contributed by atoms with Gasteiger partial charge in [0.25, 0.3) is 0 Å².